The molecule has 0 spiro atoms. The number of hydrogen-bond donors (Lipinski definition) is 3. The fourth-order valence-electron chi connectivity index (χ4n) is 7.55. The standard InChI is InChI=1S/C59H94O12/c1-4-7-10-13-16-19-22-24-25-26-27-29-32-35-38-41-44-47-53(62)70-57-55(64)54(63)56(58(65)66)71-59(57)68-49-50(69-52(61)46-43-40-37-34-30-21-18-15-12-9-6-3)48-67-51(60)45-42-39-36-33-31-28-23-20-17-14-11-8-5-2/h7-8,10-11,16-17,19-20,24-25,27-29,31,36,39,50,54-57,59,63-64H,4-6,9,12-15,18,21-23,26,30,32-35,37-38,40-49H2,1-3H3,(H,65,66)/b10-7-,11-8-,19-16-,20-17-,25-24-,29-27-,31-28-,39-36-. The third-order valence-corrected chi connectivity index (χ3v) is 11.7. The molecule has 1 rings (SSSR count). The van der Waals surface area contributed by atoms with Crippen LogP contribution in [0.25, 0.3) is 0 Å². The number of allylic oxidation sites excluding steroid dienone is 16. The Hall–Kier alpha value is -4.36. The number of esters is 3. The highest BCUT2D eigenvalue weighted by molar-refractivity contribution is 5.74. The summed E-state index contributed by atoms with van der Waals surface area (Å²) >= 11 is 0. The molecule has 0 bridgehead atoms. The van der Waals surface area contributed by atoms with Crippen molar-refractivity contribution in [1.29, 1.82) is 0 Å². The minimum atomic E-state index is -1.92. The van der Waals surface area contributed by atoms with Gasteiger partial charge in [-0.1, -0.05) is 195 Å². The van der Waals surface area contributed by atoms with Crippen molar-refractivity contribution in [1.82, 2.24) is 0 Å². The minimum Gasteiger partial charge on any atom is -0.479 e. The lowest BCUT2D eigenvalue weighted by Gasteiger charge is -2.40. The Morgan fingerprint density at radius 3 is 1.41 bits per heavy atom. The van der Waals surface area contributed by atoms with Crippen LogP contribution in [-0.4, -0.2) is 89.2 Å². The predicted octanol–water partition coefficient (Wildman–Crippen LogP) is 13.3. The summed E-state index contributed by atoms with van der Waals surface area (Å²) in [5, 5.41) is 31.4. The smallest absolute Gasteiger partial charge is 0.335 e. The topological polar surface area (TPSA) is 175 Å². The number of rotatable bonds is 44. The Bertz CT molecular complexity index is 1610. The van der Waals surface area contributed by atoms with E-state index in [9.17, 15) is 34.5 Å². The van der Waals surface area contributed by atoms with Crippen LogP contribution in [0.5, 0.6) is 0 Å². The lowest BCUT2D eigenvalue weighted by Crippen LogP contribution is -2.61. The molecular weight excluding hydrogens is 901 g/mol. The van der Waals surface area contributed by atoms with Crippen LogP contribution in [0, 0.1) is 0 Å². The van der Waals surface area contributed by atoms with Gasteiger partial charge in [-0.3, -0.25) is 14.4 Å². The maximum absolute atomic E-state index is 13.1. The number of aliphatic hydroxyl groups excluding tert-OH is 2. The molecule has 12 nitrogen and oxygen atoms in total. The van der Waals surface area contributed by atoms with Crippen molar-refractivity contribution in [3.63, 3.8) is 0 Å². The summed E-state index contributed by atoms with van der Waals surface area (Å²) in [6, 6.07) is 0. The van der Waals surface area contributed by atoms with Crippen LogP contribution in [-0.2, 0) is 42.9 Å². The van der Waals surface area contributed by atoms with Crippen molar-refractivity contribution in [2.75, 3.05) is 13.2 Å². The van der Waals surface area contributed by atoms with Gasteiger partial charge in [-0.2, -0.15) is 0 Å². The number of aliphatic hydroxyl groups is 2. The van der Waals surface area contributed by atoms with Gasteiger partial charge >= 0.3 is 23.9 Å². The summed E-state index contributed by atoms with van der Waals surface area (Å²) in [6.45, 7) is 5.65. The molecule has 0 radical (unpaired) electrons. The quantitative estimate of drug-likeness (QED) is 0.0228. The van der Waals surface area contributed by atoms with Gasteiger partial charge < -0.3 is 39.0 Å². The number of aliphatic carboxylic acids is 1. The number of hydrogen-bond acceptors (Lipinski definition) is 11. The van der Waals surface area contributed by atoms with Crippen LogP contribution in [0.1, 0.15) is 201 Å². The van der Waals surface area contributed by atoms with Crippen LogP contribution in [0.15, 0.2) is 97.2 Å². The second-order valence-electron chi connectivity index (χ2n) is 18.1. The molecule has 0 aromatic carbocycles. The summed E-state index contributed by atoms with van der Waals surface area (Å²) in [5.41, 5.74) is 0. The van der Waals surface area contributed by atoms with Crippen molar-refractivity contribution in [3.8, 4) is 0 Å². The van der Waals surface area contributed by atoms with E-state index in [4.69, 9.17) is 23.7 Å². The number of unbranched alkanes of at least 4 members (excludes halogenated alkanes) is 14. The Labute approximate surface area is 428 Å². The highest BCUT2D eigenvalue weighted by Gasteiger charge is 2.50. The number of carboxylic acids is 1. The van der Waals surface area contributed by atoms with E-state index < -0.39 is 67.3 Å². The normalized spacial score (nSPS) is 19.3. The number of carboxylic acid groups (broad SMARTS) is 1. The van der Waals surface area contributed by atoms with Crippen LogP contribution in [0.2, 0.25) is 0 Å². The minimum absolute atomic E-state index is 0.0223. The summed E-state index contributed by atoms with van der Waals surface area (Å²) in [5.74, 6) is -3.27. The average Bonchev–Trinajstić information content (AvgIpc) is 3.35. The fraction of sp³-hybridized carbons (Fsp3) is 0.661. The highest BCUT2D eigenvalue weighted by Crippen LogP contribution is 2.26. The molecule has 1 saturated heterocycles. The van der Waals surface area contributed by atoms with Crippen LogP contribution in [0.3, 0.4) is 0 Å². The van der Waals surface area contributed by atoms with E-state index in [1.54, 1.807) is 0 Å². The van der Waals surface area contributed by atoms with Crippen LogP contribution in [0.4, 0.5) is 0 Å². The van der Waals surface area contributed by atoms with E-state index in [0.29, 0.717) is 19.3 Å². The SMILES string of the molecule is CC/C=C\C/C=C\C/C=C\C/C=C\CCCCCCC(=O)OC1C(OCC(COC(=O)CC/C=C\C/C=C\C/C=C\C/C=C\CC)OC(=O)CCCCCCCCCCCCC)OC(C(=O)O)C(O)C1O. The fourth-order valence-corrected chi connectivity index (χ4v) is 7.55. The van der Waals surface area contributed by atoms with Crippen LogP contribution < -0.4 is 0 Å². The Kier molecular flexibility index (Phi) is 42.5. The third kappa shape index (κ3) is 37.1. The molecule has 1 aliphatic rings. The maximum Gasteiger partial charge on any atom is 0.335 e. The Morgan fingerprint density at radius 1 is 0.479 bits per heavy atom. The Balaban J connectivity index is 2.76. The number of ether oxygens (including phenoxy) is 5. The van der Waals surface area contributed by atoms with E-state index in [2.05, 4.69) is 106 Å². The van der Waals surface area contributed by atoms with Gasteiger partial charge in [-0.25, -0.2) is 4.79 Å². The molecule has 6 atom stereocenters. The van der Waals surface area contributed by atoms with Gasteiger partial charge in [0.1, 0.15) is 18.8 Å². The third-order valence-electron chi connectivity index (χ3n) is 11.7. The zero-order chi connectivity index (χ0) is 51.8. The summed E-state index contributed by atoms with van der Waals surface area (Å²) < 4.78 is 28.2. The number of carbonyl (C=O) groups is 4. The summed E-state index contributed by atoms with van der Waals surface area (Å²) in [4.78, 5) is 50.9. The zero-order valence-electron chi connectivity index (χ0n) is 43.9. The molecular formula is C59H94O12. The van der Waals surface area contributed by atoms with Gasteiger partial charge in [0, 0.05) is 19.3 Å². The van der Waals surface area contributed by atoms with Gasteiger partial charge in [0.15, 0.2) is 24.6 Å². The monoisotopic (exact) mass is 995 g/mol. The maximum atomic E-state index is 13.1. The van der Waals surface area contributed by atoms with E-state index >= 15 is 0 Å². The van der Waals surface area contributed by atoms with Crippen LogP contribution >= 0.6 is 0 Å². The predicted molar refractivity (Wildman–Crippen MR) is 284 cm³/mol. The van der Waals surface area contributed by atoms with Gasteiger partial charge in [-0.05, 0) is 83.5 Å². The highest BCUT2D eigenvalue weighted by atomic mass is 16.7. The number of carbonyl (C=O) groups excluding carboxylic acids is 3. The van der Waals surface area contributed by atoms with Crippen molar-refractivity contribution in [2.45, 2.75) is 237 Å². The molecule has 6 unspecified atom stereocenters. The first-order chi connectivity index (χ1) is 34.6. The van der Waals surface area contributed by atoms with Crippen molar-refractivity contribution in [2.24, 2.45) is 0 Å². The van der Waals surface area contributed by atoms with E-state index in [-0.39, 0.29) is 25.9 Å². The molecule has 71 heavy (non-hydrogen) atoms. The molecule has 12 heteroatoms. The first-order valence-electron chi connectivity index (χ1n) is 27.2. The summed E-state index contributed by atoms with van der Waals surface area (Å²) in [7, 11) is 0. The molecule has 0 aliphatic carbocycles. The van der Waals surface area contributed by atoms with Gasteiger partial charge in [0.05, 0.1) is 6.61 Å². The molecule has 3 N–H and O–H groups in total. The lowest BCUT2D eigenvalue weighted by molar-refractivity contribution is -0.301. The van der Waals surface area contributed by atoms with Crippen molar-refractivity contribution < 1.29 is 58.2 Å². The zero-order valence-corrected chi connectivity index (χ0v) is 43.9. The molecule has 0 aromatic rings. The molecule has 1 heterocycles. The van der Waals surface area contributed by atoms with Crippen molar-refractivity contribution >= 4 is 23.9 Å². The second kappa shape index (κ2) is 46.7. The largest absolute Gasteiger partial charge is 0.479 e. The first kappa shape index (κ1) is 64.7. The van der Waals surface area contributed by atoms with Gasteiger partial charge in [0.2, 0.25) is 0 Å². The van der Waals surface area contributed by atoms with Crippen molar-refractivity contribution in [3.05, 3.63) is 97.2 Å². The second-order valence-corrected chi connectivity index (χ2v) is 18.1. The van der Waals surface area contributed by atoms with E-state index in [0.717, 1.165) is 96.3 Å². The molecule has 0 amide bonds. The van der Waals surface area contributed by atoms with E-state index in [1.165, 1.54) is 44.9 Å². The molecule has 402 valence electrons. The Morgan fingerprint density at radius 2 is 0.915 bits per heavy atom. The molecule has 0 saturated carbocycles. The van der Waals surface area contributed by atoms with Gasteiger partial charge in [-0.15, -0.1) is 0 Å². The molecule has 0 aromatic heterocycles. The summed E-state index contributed by atoms with van der Waals surface area (Å²) in [6.07, 6.45) is 48.3. The first-order valence-corrected chi connectivity index (χ1v) is 27.2. The molecule has 1 aliphatic heterocycles. The average molecular weight is 995 g/mol. The van der Waals surface area contributed by atoms with Gasteiger partial charge in [0.25, 0.3) is 0 Å². The molecule has 1 fully saturated rings. The van der Waals surface area contributed by atoms with E-state index in [1.807, 2.05) is 12.2 Å². The lowest BCUT2D eigenvalue weighted by atomic mass is 9.98.